The quantitative estimate of drug-likeness (QED) is 0.622. The van der Waals surface area contributed by atoms with Crippen LogP contribution in [0.3, 0.4) is 0 Å². The molecular weight excluding hydrogens is 380 g/mol. The highest BCUT2D eigenvalue weighted by molar-refractivity contribution is 5.97. The van der Waals surface area contributed by atoms with E-state index in [2.05, 4.69) is 16.4 Å². The minimum Gasteiger partial charge on any atom is -0.465 e. The van der Waals surface area contributed by atoms with Crippen LogP contribution in [0.1, 0.15) is 45.6 Å². The van der Waals surface area contributed by atoms with Gasteiger partial charge in [0, 0.05) is 18.9 Å². The summed E-state index contributed by atoms with van der Waals surface area (Å²) in [6, 6.07) is 10.2. The van der Waals surface area contributed by atoms with Gasteiger partial charge in [-0.05, 0) is 54.2 Å². The highest BCUT2D eigenvalue weighted by Crippen LogP contribution is 2.25. The number of benzene rings is 1. The van der Waals surface area contributed by atoms with Gasteiger partial charge < -0.3 is 10.4 Å². The number of carbonyl (C=O) groups excluding carboxylic acids is 1. The van der Waals surface area contributed by atoms with Crippen LogP contribution in [0.4, 0.5) is 10.5 Å². The van der Waals surface area contributed by atoms with Crippen molar-refractivity contribution < 1.29 is 14.7 Å². The van der Waals surface area contributed by atoms with Crippen LogP contribution in [0, 0.1) is 17.2 Å². The molecule has 1 atom stereocenters. The van der Waals surface area contributed by atoms with E-state index in [0.29, 0.717) is 30.6 Å². The number of carboxylic acid groups (broad SMARTS) is 1. The van der Waals surface area contributed by atoms with Crippen molar-refractivity contribution in [1.82, 2.24) is 9.88 Å². The summed E-state index contributed by atoms with van der Waals surface area (Å²) >= 11 is 0. The number of nitrogens with one attached hydrogen (secondary N) is 1. The second-order valence-electron chi connectivity index (χ2n) is 7.57. The molecule has 0 aliphatic carbocycles. The highest BCUT2D eigenvalue weighted by Gasteiger charge is 2.30. The molecule has 7 heteroatoms. The maximum absolute atomic E-state index is 13.0. The Morgan fingerprint density at radius 1 is 1.20 bits per heavy atom. The molecule has 1 aromatic heterocycles. The van der Waals surface area contributed by atoms with Gasteiger partial charge in [-0.3, -0.25) is 14.7 Å². The number of carbonyl (C=O) groups is 2. The van der Waals surface area contributed by atoms with Crippen LogP contribution in [0.2, 0.25) is 0 Å². The summed E-state index contributed by atoms with van der Waals surface area (Å²) in [5.41, 5.74) is 2.43. The number of nitriles is 1. The van der Waals surface area contributed by atoms with E-state index in [4.69, 9.17) is 0 Å². The standard InChI is InChI=1S/C23H28N4O3/c1-4-5-12-27(23(29)30)21(13-16(2)3)22(28)26-20-7-6-18(14-19(20)15-24)17-8-10-25-11-9-17/h6-11,14,16,21H,4-5,12-13H2,1-3H3,(H,26,28)(H,29,30). The lowest BCUT2D eigenvalue weighted by Gasteiger charge is -2.29. The zero-order chi connectivity index (χ0) is 22.1. The fourth-order valence-corrected chi connectivity index (χ4v) is 3.22. The summed E-state index contributed by atoms with van der Waals surface area (Å²) in [5.74, 6) is -0.288. The number of nitrogens with zero attached hydrogens (tertiary/aromatic N) is 3. The Balaban J connectivity index is 2.29. The van der Waals surface area contributed by atoms with Gasteiger partial charge in [-0.25, -0.2) is 4.79 Å². The van der Waals surface area contributed by atoms with Crippen molar-refractivity contribution in [2.75, 3.05) is 11.9 Å². The van der Waals surface area contributed by atoms with Crippen LogP contribution in [-0.2, 0) is 4.79 Å². The summed E-state index contributed by atoms with van der Waals surface area (Å²) in [7, 11) is 0. The highest BCUT2D eigenvalue weighted by atomic mass is 16.4. The maximum atomic E-state index is 13.0. The number of hydrogen-bond donors (Lipinski definition) is 2. The SMILES string of the molecule is CCCCN(C(=O)O)C(CC(C)C)C(=O)Nc1ccc(-c2ccncc2)cc1C#N. The molecule has 0 aliphatic rings. The molecule has 0 saturated heterocycles. The molecule has 30 heavy (non-hydrogen) atoms. The molecule has 0 bridgehead atoms. The smallest absolute Gasteiger partial charge is 0.407 e. The first kappa shape index (κ1) is 22.9. The van der Waals surface area contributed by atoms with E-state index in [9.17, 15) is 20.0 Å². The zero-order valence-corrected chi connectivity index (χ0v) is 17.6. The number of anilines is 1. The first-order valence-electron chi connectivity index (χ1n) is 10.1. The maximum Gasteiger partial charge on any atom is 0.407 e. The minimum atomic E-state index is -1.11. The van der Waals surface area contributed by atoms with E-state index in [0.717, 1.165) is 17.5 Å². The zero-order valence-electron chi connectivity index (χ0n) is 17.6. The molecule has 2 N–H and O–H groups in total. The van der Waals surface area contributed by atoms with E-state index < -0.39 is 18.0 Å². The summed E-state index contributed by atoms with van der Waals surface area (Å²) in [6.07, 6.45) is 4.14. The third-order valence-electron chi connectivity index (χ3n) is 4.78. The normalized spacial score (nSPS) is 11.6. The van der Waals surface area contributed by atoms with Crippen LogP contribution in [0.5, 0.6) is 0 Å². The molecule has 0 saturated carbocycles. The van der Waals surface area contributed by atoms with Gasteiger partial charge >= 0.3 is 6.09 Å². The molecule has 0 fully saturated rings. The Labute approximate surface area is 177 Å². The van der Waals surface area contributed by atoms with Crippen molar-refractivity contribution in [3.05, 3.63) is 48.3 Å². The Morgan fingerprint density at radius 3 is 2.47 bits per heavy atom. The molecule has 2 aromatic rings. The van der Waals surface area contributed by atoms with Crippen LogP contribution in [0.25, 0.3) is 11.1 Å². The fraction of sp³-hybridized carbons (Fsp3) is 0.391. The second-order valence-corrected chi connectivity index (χ2v) is 7.57. The first-order valence-corrected chi connectivity index (χ1v) is 10.1. The number of hydrogen-bond acceptors (Lipinski definition) is 4. The third-order valence-corrected chi connectivity index (χ3v) is 4.78. The molecule has 2 amide bonds. The summed E-state index contributed by atoms with van der Waals surface area (Å²) in [4.78, 5) is 30.0. The minimum absolute atomic E-state index is 0.133. The number of aromatic nitrogens is 1. The molecule has 2 rings (SSSR count). The van der Waals surface area contributed by atoms with E-state index in [1.54, 1.807) is 24.5 Å². The van der Waals surface area contributed by atoms with Crippen molar-refractivity contribution in [1.29, 1.82) is 5.26 Å². The average Bonchev–Trinajstić information content (AvgIpc) is 2.73. The van der Waals surface area contributed by atoms with Gasteiger partial charge in [0.2, 0.25) is 5.91 Å². The van der Waals surface area contributed by atoms with Gasteiger partial charge in [-0.2, -0.15) is 5.26 Å². The Hall–Kier alpha value is -3.40. The average molecular weight is 409 g/mol. The molecule has 158 valence electrons. The van der Waals surface area contributed by atoms with Gasteiger partial charge in [0.05, 0.1) is 11.3 Å². The number of amides is 2. The molecule has 0 aliphatic heterocycles. The summed E-state index contributed by atoms with van der Waals surface area (Å²) < 4.78 is 0. The monoisotopic (exact) mass is 408 g/mol. The van der Waals surface area contributed by atoms with E-state index in [1.807, 2.05) is 39.0 Å². The lowest BCUT2D eigenvalue weighted by molar-refractivity contribution is -0.121. The summed E-state index contributed by atoms with van der Waals surface area (Å²) in [6.45, 7) is 6.17. The lowest BCUT2D eigenvalue weighted by atomic mass is 10.00. The molecule has 0 spiro atoms. The van der Waals surface area contributed by atoms with Crippen molar-refractivity contribution in [2.24, 2.45) is 5.92 Å². The van der Waals surface area contributed by atoms with E-state index in [-0.39, 0.29) is 5.92 Å². The van der Waals surface area contributed by atoms with Gasteiger partial charge in [-0.15, -0.1) is 0 Å². The van der Waals surface area contributed by atoms with Gasteiger partial charge in [0.15, 0.2) is 0 Å². The first-order chi connectivity index (χ1) is 14.4. The van der Waals surface area contributed by atoms with Gasteiger partial charge in [-0.1, -0.05) is 33.3 Å². The van der Waals surface area contributed by atoms with Crippen molar-refractivity contribution in [2.45, 2.75) is 46.1 Å². The van der Waals surface area contributed by atoms with Crippen molar-refractivity contribution in [3.8, 4) is 17.2 Å². The Kier molecular flexibility index (Phi) is 8.36. The largest absolute Gasteiger partial charge is 0.465 e. The topological polar surface area (TPSA) is 106 Å². The van der Waals surface area contributed by atoms with Crippen molar-refractivity contribution >= 4 is 17.7 Å². The van der Waals surface area contributed by atoms with Crippen LogP contribution >= 0.6 is 0 Å². The van der Waals surface area contributed by atoms with E-state index in [1.165, 1.54) is 4.90 Å². The number of unbranched alkanes of at least 4 members (excludes halogenated alkanes) is 1. The van der Waals surface area contributed by atoms with Crippen LogP contribution in [-0.4, -0.2) is 39.6 Å². The van der Waals surface area contributed by atoms with Gasteiger partial charge in [0.25, 0.3) is 0 Å². The predicted octanol–water partition coefficient (Wildman–Crippen LogP) is 4.75. The fourth-order valence-electron chi connectivity index (χ4n) is 3.22. The summed E-state index contributed by atoms with van der Waals surface area (Å²) in [5, 5.41) is 22.0. The lowest BCUT2D eigenvalue weighted by Crippen LogP contribution is -2.48. The Bertz CT molecular complexity index is 906. The number of rotatable bonds is 9. The second kappa shape index (κ2) is 11.0. The molecule has 1 heterocycles. The van der Waals surface area contributed by atoms with Crippen molar-refractivity contribution in [3.63, 3.8) is 0 Å². The predicted molar refractivity (Wildman–Crippen MR) is 116 cm³/mol. The third kappa shape index (κ3) is 6.05. The molecule has 1 aromatic carbocycles. The molecule has 7 nitrogen and oxygen atoms in total. The van der Waals surface area contributed by atoms with E-state index >= 15 is 0 Å². The van der Waals surface area contributed by atoms with Gasteiger partial charge in [0.1, 0.15) is 12.1 Å². The van der Waals surface area contributed by atoms with Crippen LogP contribution in [0.15, 0.2) is 42.7 Å². The van der Waals surface area contributed by atoms with Crippen LogP contribution < -0.4 is 5.32 Å². The molecule has 1 unspecified atom stereocenters. The molecular formula is C23H28N4O3. The number of pyridine rings is 1. The molecule has 0 radical (unpaired) electrons. The Morgan fingerprint density at radius 2 is 1.90 bits per heavy atom.